The van der Waals surface area contributed by atoms with Gasteiger partial charge >= 0.3 is 0 Å². The molecular formula is C13H21NO. The average molecular weight is 207 g/mol. The Hall–Kier alpha value is -1.05. The van der Waals surface area contributed by atoms with Crippen LogP contribution in [0.2, 0.25) is 0 Å². The second-order valence-electron chi connectivity index (χ2n) is 4.45. The zero-order valence-electron chi connectivity index (χ0n) is 9.99. The van der Waals surface area contributed by atoms with Crippen LogP contribution >= 0.6 is 0 Å². The highest BCUT2D eigenvalue weighted by Crippen LogP contribution is 2.08. The van der Waals surface area contributed by atoms with Crippen molar-refractivity contribution < 1.29 is 4.79 Å². The van der Waals surface area contributed by atoms with Crippen molar-refractivity contribution in [1.82, 2.24) is 4.57 Å². The van der Waals surface area contributed by atoms with Crippen LogP contribution in [-0.2, 0) is 6.54 Å². The van der Waals surface area contributed by atoms with Gasteiger partial charge in [-0.2, -0.15) is 0 Å². The molecule has 1 aromatic rings. The van der Waals surface area contributed by atoms with Gasteiger partial charge in [0.25, 0.3) is 0 Å². The standard InChI is InChI=1S/C13H21NO/c1-4-13(15)12-7-9-14(10-12)8-5-6-11(2)3/h7,9-11H,4-6,8H2,1-3H3. The molecule has 0 amide bonds. The van der Waals surface area contributed by atoms with Crippen molar-refractivity contribution in [2.75, 3.05) is 0 Å². The zero-order chi connectivity index (χ0) is 11.3. The van der Waals surface area contributed by atoms with Crippen LogP contribution in [0.15, 0.2) is 18.5 Å². The molecule has 1 aromatic heterocycles. The van der Waals surface area contributed by atoms with Gasteiger partial charge in [0.15, 0.2) is 5.78 Å². The van der Waals surface area contributed by atoms with E-state index in [0.29, 0.717) is 6.42 Å². The van der Waals surface area contributed by atoms with Gasteiger partial charge in [-0.15, -0.1) is 0 Å². The van der Waals surface area contributed by atoms with E-state index >= 15 is 0 Å². The van der Waals surface area contributed by atoms with Crippen molar-refractivity contribution in [2.24, 2.45) is 5.92 Å². The first kappa shape index (κ1) is 12.0. The third-order valence-corrected chi connectivity index (χ3v) is 2.59. The van der Waals surface area contributed by atoms with Crippen LogP contribution in [0.4, 0.5) is 0 Å². The SMILES string of the molecule is CCC(=O)c1ccn(CCCC(C)C)c1. The number of carbonyl (C=O) groups excluding carboxylic acids is 1. The number of aryl methyl sites for hydroxylation is 1. The summed E-state index contributed by atoms with van der Waals surface area (Å²) in [5, 5.41) is 0. The lowest BCUT2D eigenvalue weighted by molar-refractivity contribution is 0.0988. The van der Waals surface area contributed by atoms with E-state index in [1.54, 1.807) is 0 Å². The molecule has 0 aromatic carbocycles. The smallest absolute Gasteiger partial charge is 0.164 e. The molecule has 15 heavy (non-hydrogen) atoms. The molecule has 2 nitrogen and oxygen atoms in total. The van der Waals surface area contributed by atoms with E-state index in [-0.39, 0.29) is 5.78 Å². The van der Waals surface area contributed by atoms with Gasteiger partial charge in [-0.3, -0.25) is 4.79 Å². The maximum atomic E-state index is 11.4. The Morgan fingerprint density at radius 1 is 1.47 bits per heavy atom. The second-order valence-corrected chi connectivity index (χ2v) is 4.45. The summed E-state index contributed by atoms with van der Waals surface area (Å²) in [6, 6.07) is 1.92. The van der Waals surface area contributed by atoms with Crippen LogP contribution < -0.4 is 0 Å². The fourth-order valence-electron chi connectivity index (χ4n) is 1.63. The number of aromatic nitrogens is 1. The first-order valence-electron chi connectivity index (χ1n) is 5.82. The van der Waals surface area contributed by atoms with Crippen LogP contribution in [0.1, 0.15) is 50.4 Å². The van der Waals surface area contributed by atoms with Crippen molar-refractivity contribution in [3.05, 3.63) is 24.0 Å². The molecule has 0 aliphatic carbocycles. The number of hydrogen-bond acceptors (Lipinski definition) is 1. The number of rotatable bonds is 6. The summed E-state index contributed by atoms with van der Waals surface area (Å²) in [4.78, 5) is 11.4. The molecule has 0 atom stereocenters. The molecule has 0 saturated carbocycles. The van der Waals surface area contributed by atoms with E-state index in [4.69, 9.17) is 0 Å². The third kappa shape index (κ3) is 3.90. The topological polar surface area (TPSA) is 22.0 Å². The maximum Gasteiger partial charge on any atom is 0.164 e. The van der Waals surface area contributed by atoms with Crippen molar-refractivity contribution in [2.45, 2.75) is 46.6 Å². The molecular weight excluding hydrogens is 186 g/mol. The van der Waals surface area contributed by atoms with Gasteiger partial charge < -0.3 is 4.57 Å². The van der Waals surface area contributed by atoms with Crippen LogP contribution in [0.3, 0.4) is 0 Å². The highest BCUT2D eigenvalue weighted by atomic mass is 16.1. The van der Waals surface area contributed by atoms with E-state index in [1.807, 2.05) is 25.4 Å². The summed E-state index contributed by atoms with van der Waals surface area (Å²) in [5.74, 6) is 0.995. The second kappa shape index (κ2) is 5.74. The summed E-state index contributed by atoms with van der Waals surface area (Å²) < 4.78 is 2.12. The molecule has 0 aliphatic heterocycles. The van der Waals surface area contributed by atoms with Gasteiger partial charge in [0.2, 0.25) is 0 Å². The van der Waals surface area contributed by atoms with Crippen LogP contribution in [0, 0.1) is 5.92 Å². The monoisotopic (exact) mass is 207 g/mol. The normalized spacial score (nSPS) is 10.9. The van der Waals surface area contributed by atoms with E-state index in [9.17, 15) is 4.79 Å². The van der Waals surface area contributed by atoms with Crippen molar-refractivity contribution >= 4 is 5.78 Å². The minimum atomic E-state index is 0.234. The van der Waals surface area contributed by atoms with Crippen LogP contribution in [0.5, 0.6) is 0 Å². The first-order chi connectivity index (χ1) is 7.13. The number of ketones is 1. The molecule has 0 spiro atoms. The lowest BCUT2D eigenvalue weighted by Crippen LogP contribution is -1.98. The van der Waals surface area contributed by atoms with Crippen molar-refractivity contribution in [1.29, 1.82) is 0 Å². The summed E-state index contributed by atoms with van der Waals surface area (Å²) in [6.07, 6.45) is 6.99. The third-order valence-electron chi connectivity index (χ3n) is 2.59. The predicted octanol–water partition coefficient (Wildman–Crippen LogP) is 3.52. The van der Waals surface area contributed by atoms with E-state index in [2.05, 4.69) is 18.4 Å². The summed E-state index contributed by atoms with van der Waals surface area (Å²) in [6.45, 7) is 7.40. The Morgan fingerprint density at radius 2 is 2.20 bits per heavy atom. The fraction of sp³-hybridized carbons (Fsp3) is 0.615. The van der Waals surface area contributed by atoms with Gasteiger partial charge in [0, 0.05) is 30.9 Å². The van der Waals surface area contributed by atoms with Gasteiger partial charge in [-0.1, -0.05) is 20.8 Å². The summed E-state index contributed by atoms with van der Waals surface area (Å²) >= 11 is 0. The molecule has 2 heteroatoms. The predicted molar refractivity (Wildman–Crippen MR) is 63.1 cm³/mol. The molecule has 0 aliphatic rings. The van der Waals surface area contributed by atoms with Gasteiger partial charge in [0.05, 0.1) is 0 Å². The van der Waals surface area contributed by atoms with Crippen molar-refractivity contribution in [3.8, 4) is 0 Å². The number of hydrogen-bond donors (Lipinski definition) is 0. The lowest BCUT2D eigenvalue weighted by Gasteiger charge is -2.05. The Balaban J connectivity index is 2.43. The molecule has 0 unspecified atom stereocenters. The number of nitrogens with zero attached hydrogens (tertiary/aromatic N) is 1. The van der Waals surface area contributed by atoms with Crippen LogP contribution in [0.25, 0.3) is 0 Å². The molecule has 84 valence electrons. The molecule has 0 saturated heterocycles. The lowest BCUT2D eigenvalue weighted by atomic mass is 10.1. The minimum absolute atomic E-state index is 0.234. The molecule has 0 radical (unpaired) electrons. The summed E-state index contributed by atoms with van der Waals surface area (Å²) in [5.41, 5.74) is 0.849. The Kier molecular flexibility index (Phi) is 4.60. The zero-order valence-corrected chi connectivity index (χ0v) is 9.99. The van der Waals surface area contributed by atoms with Gasteiger partial charge in [-0.25, -0.2) is 0 Å². The van der Waals surface area contributed by atoms with Gasteiger partial charge in [0.1, 0.15) is 0 Å². The summed E-state index contributed by atoms with van der Waals surface area (Å²) in [7, 11) is 0. The van der Waals surface area contributed by atoms with E-state index in [0.717, 1.165) is 18.0 Å². The van der Waals surface area contributed by atoms with Gasteiger partial charge in [-0.05, 0) is 24.8 Å². The quantitative estimate of drug-likeness (QED) is 0.654. The minimum Gasteiger partial charge on any atom is -0.354 e. The number of Topliss-reactive ketones (excluding diaryl/α,β-unsaturated/α-hetero) is 1. The highest BCUT2D eigenvalue weighted by molar-refractivity contribution is 5.95. The molecule has 1 heterocycles. The number of carbonyl (C=O) groups is 1. The fourth-order valence-corrected chi connectivity index (χ4v) is 1.63. The van der Waals surface area contributed by atoms with E-state index < -0.39 is 0 Å². The highest BCUT2D eigenvalue weighted by Gasteiger charge is 2.04. The molecule has 0 bridgehead atoms. The average Bonchev–Trinajstić information content (AvgIpc) is 2.65. The molecule has 0 fully saturated rings. The van der Waals surface area contributed by atoms with Crippen molar-refractivity contribution in [3.63, 3.8) is 0 Å². The molecule has 1 rings (SSSR count). The Bertz CT molecular complexity index is 312. The maximum absolute atomic E-state index is 11.4. The van der Waals surface area contributed by atoms with Crippen LogP contribution in [-0.4, -0.2) is 10.4 Å². The first-order valence-corrected chi connectivity index (χ1v) is 5.82. The Labute approximate surface area is 92.3 Å². The van der Waals surface area contributed by atoms with E-state index in [1.165, 1.54) is 12.8 Å². The Morgan fingerprint density at radius 3 is 2.80 bits per heavy atom. The largest absolute Gasteiger partial charge is 0.354 e. The molecule has 0 N–H and O–H groups in total.